The highest BCUT2D eigenvalue weighted by molar-refractivity contribution is 6.04. The van der Waals surface area contributed by atoms with Gasteiger partial charge in [0.1, 0.15) is 0 Å². The van der Waals surface area contributed by atoms with Gasteiger partial charge in [-0.2, -0.15) is 0 Å². The lowest BCUT2D eigenvalue weighted by molar-refractivity contribution is 0.102. The van der Waals surface area contributed by atoms with Gasteiger partial charge in [0, 0.05) is 17.4 Å². The van der Waals surface area contributed by atoms with Gasteiger partial charge in [-0.15, -0.1) is 0 Å². The third kappa shape index (κ3) is 3.25. The first kappa shape index (κ1) is 16.5. The molecule has 3 nitrogen and oxygen atoms in total. The average Bonchev–Trinajstić information content (AvgIpc) is 3.12. The topological polar surface area (TPSA) is 42.0 Å². The lowest BCUT2D eigenvalue weighted by atomic mass is 10.0. The third-order valence-electron chi connectivity index (χ3n) is 5.18. The summed E-state index contributed by atoms with van der Waals surface area (Å²) in [5.74, 6) is -0.123. The number of nitrogens with one attached hydrogen (secondary N) is 1. The summed E-state index contributed by atoms with van der Waals surface area (Å²) in [7, 11) is 0. The number of rotatable bonds is 3. The van der Waals surface area contributed by atoms with Crippen LogP contribution >= 0.6 is 0 Å². The Balaban J connectivity index is 1.51. The van der Waals surface area contributed by atoms with Crippen molar-refractivity contribution >= 4 is 11.6 Å². The molecule has 0 radical (unpaired) electrons. The molecule has 0 fully saturated rings. The van der Waals surface area contributed by atoms with Gasteiger partial charge in [0.05, 0.1) is 11.3 Å². The molecule has 0 bridgehead atoms. The standard InChI is InChI=1S/C23H22N2O/c1-15-6-7-19(12-16(15)2)22-11-9-20(14-24-22)23(26)25-21-10-8-17-4-3-5-18(17)13-21/h6-14H,3-5H2,1-2H3,(H,25,26). The number of anilines is 1. The van der Waals surface area contributed by atoms with Gasteiger partial charge >= 0.3 is 0 Å². The Hall–Kier alpha value is -2.94. The zero-order valence-electron chi connectivity index (χ0n) is 15.2. The van der Waals surface area contributed by atoms with Gasteiger partial charge in [0.25, 0.3) is 5.91 Å². The molecule has 0 spiro atoms. The number of carbonyl (C=O) groups is 1. The summed E-state index contributed by atoms with van der Waals surface area (Å²) in [4.78, 5) is 17.0. The maximum absolute atomic E-state index is 12.5. The number of fused-ring (bicyclic) bond motifs is 1. The average molecular weight is 342 g/mol. The number of pyridine rings is 1. The molecule has 0 aliphatic heterocycles. The van der Waals surface area contributed by atoms with Crippen molar-refractivity contribution in [2.75, 3.05) is 5.32 Å². The van der Waals surface area contributed by atoms with E-state index in [0.29, 0.717) is 5.56 Å². The van der Waals surface area contributed by atoms with E-state index >= 15 is 0 Å². The van der Waals surface area contributed by atoms with Crippen molar-refractivity contribution in [3.05, 3.63) is 82.5 Å². The van der Waals surface area contributed by atoms with Crippen molar-refractivity contribution in [3.63, 3.8) is 0 Å². The van der Waals surface area contributed by atoms with Gasteiger partial charge in [-0.3, -0.25) is 9.78 Å². The van der Waals surface area contributed by atoms with Gasteiger partial charge < -0.3 is 5.32 Å². The highest BCUT2D eigenvalue weighted by atomic mass is 16.1. The number of benzene rings is 2. The maximum atomic E-state index is 12.5. The van der Waals surface area contributed by atoms with Crippen LogP contribution in [0.25, 0.3) is 11.3 Å². The van der Waals surface area contributed by atoms with E-state index in [-0.39, 0.29) is 5.91 Å². The summed E-state index contributed by atoms with van der Waals surface area (Å²) in [5.41, 5.74) is 8.63. The Kier molecular flexibility index (Phi) is 4.29. The van der Waals surface area contributed by atoms with Crippen LogP contribution in [0.2, 0.25) is 0 Å². The van der Waals surface area contributed by atoms with Gasteiger partial charge in [-0.1, -0.05) is 18.2 Å². The second kappa shape index (κ2) is 6.75. The lowest BCUT2D eigenvalue weighted by Crippen LogP contribution is -2.12. The van der Waals surface area contributed by atoms with Gasteiger partial charge in [-0.25, -0.2) is 0 Å². The number of hydrogen-bond acceptors (Lipinski definition) is 2. The molecule has 1 heterocycles. The molecule has 0 saturated carbocycles. The summed E-state index contributed by atoms with van der Waals surface area (Å²) in [6.07, 6.45) is 5.10. The Labute approximate surface area is 154 Å². The van der Waals surface area contributed by atoms with E-state index in [1.165, 1.54) is 28.7 Å². The summed E-state index contributed by atoms with van der Waals surface area (Å²) < 4.78 is 0. The molecule has 4 rings (SSSR count). The molecule has 0 unspecified atom stereocenters. The van der Waals surface area contributed by atoms with E-state index < -0.39 is 0 Å². The second-order valence-corrected chi connectivity index (χ2v) is 7.02. The summed E-state index contributed by atoms with van der Waals surface area (Å²) in [6.45, 7) is 4.19. The molecule has 3 aromatic rings. The molecular formula is C23H22N2O. The van der Waals surface area contributed by atoms with Crippen LogP contribution in [0.3, 0.4) is 0 Å². The first-order chi connectivity index (χ1) is 12.6. The van der Waals surface area contributed by atoms with Crippen molar-refractivity contribution in [3.8, 4) is 11.3 Å². The molecule has 26 heavy (non-hydrogen) atoms. The van der Waals surface area contributed by atoms with Crippen molar-refractivity contribution in [1.29, 1.82) is 0 Å². The highest BCUT2D eigenvalue weighted by Gasteiger charge is 2.13. The predicted molar refractivity (Wildman–Crippen MR) is 106 cm³/mol. The molecule has 1 amide bonds. The SMILES string of the molecule is Cc1ccc(-c2ccc(C(=O)Nc3ccc4c(c3)CCC4)cn2)cc1C. The zero-order chi connectivity index (χ0) is 18.1. The largest absolute Gasteiger partial charge is 0.322 e. The number of aromatic nitrogens is 1. The first-order valence-electron chi connectivity index (χ1n) is 9.07. The molecule has 2 aromatic carbocycles. The van der Waals surface area contributed by atoms with Crippen molar-refractivity contribution in [1.82, 2.24) is 4.98 Å². The van der Waals surface area contributed by atoms with E-state index in [9.17, 15) is 4.79 Å². The van der Waals surface area contributed by atoms with E-state index in [1.807, 2.05) is 18.2 Å². The number of carbonyl (C=O) groups excluding carboxylic acids is 1. The van der Waals surface area contributed by atoms with Crippen molar-refractivity contribution in [2.45, 2.75) is 33.1 Å². The quantitative estimate of drug-likeness (QED) is 0.719. The van der Waals surface area contributed by atoms with E-state index in [2.05, 4.69) is 54.5 Å². The minimum atomic E-state index is -0.123. The fraction of sp³-hybridized carbons (Fsp3) is 0.217. The molecular weight excluding hydrogens is 320 g/mol. The Morgan fingerprint density at radius 1 is 0.923 bits per heavy atom. The predicted octanol–water partition coefficient (Wildman–Crippen LogP) is 5.11. The summed E-state index contributed by atoms with van der Waals surface area (Å²) in [6, 6.07) is 16.2. The Morgan fingerprint density at radius 3 is 2.54 bits per heavy atom. The molecule has 3 heteroatoms. The fourth-order valence-electron chi connectivity index (χ4n) is 3.45. The molecule has 0 saturated heterocycles. The first-order valence-corrected chi connectivity index (χ1v) is 9.07. The molecule has 130 valence electrons. The van der Waals surface area contributed by atoms with Crippen LogP contribution in [-0.4, -0.2) is 10.9 Å². The van der Waals surface area contributed by atoms with Crippen molar-refractivity contribution < 1.29 is 4.79 Å². The van der Waals surface area contributed by atoms with Crippen LogP contribution in [0.1, 0.15) is 39.0 Å². The highest BCUT2D eigenvalue weighted by Crippen LogP contribution is 2.25. The van der Waals surface area contributed by atoms with Crippen LogP contribution in [0.4, 0.5) is 5.69 Å². The van der Waals surface area contributed by atoms with Gasteiger partial charge in [0.15, 0.2) is 0 Å². The zero-order valence-corrected chi connectivity index (χ0v) is 15.2. The Morgan fingerprint density at radius 2 is 1.77 bits per heavy atom. The molecule has 1 N–H and O–H groups in total. The van der Waals surface area contributed by atoms with Crippen LogP contribution in [0, 0.1) is 13.8 Å². The summed E-state index contributed by atoms with van der Waals surface area (Å²) in [5, 5.41) is 2.98. The Bertz CT molecular complexity index is 974. The lowest BCUT2D eigenvalue weighted by Gasteiger charge is -2.09. The van der Waals surface area contributed by atoms with Crippen molar-refractivity contribution in [2.24, 2.45) is 0 Å². The van der Waals surface area contributed by atoms with E-state index in [0.717, 1.165) is 29.8 Å². The molecule has 1 aliphatic carbocycles. The number of hydrogen-bond donors (Lipinski definition) is 1. The molecule has 1 aromatic heterocycles. The smallest absolute Gasteiger partial charge is 0.257 e. The van der Waals surface area contributed by atoms with Crippen LogP contribution in [-0.2, 0) is 12.8 Å². The second-order valence-electron chi connectivity index (χ2n) is 7.02. The van der Waals surface area contributed by atoms with E-state index in [1.54, 1.807) is 6.20 Å². The minimum absolute atomic E-state index is 0.123. The van der Waals surface area contributed by atoms with Crippen LogP contribution in [0.15, 0.2) is 54.7 Å². The molecule has 1 aliphatic rings. The maximum Gasteiger partial charge on any atom is 0.257 e. The van der Waals surface area contributed by atoms with Crippen LogP contribution in [0.5, 0.6) is 0 Å². The minimum Gasteiger partial charge on any atom is -0.322 e. The number of amides is 1. The normalized spacial score (nSPS) is 12.7. The number of aryl methyl sites for hydroxylation is 4. The number of nitrogens with zero attached hydrogens (tertiary/aromatic N) is 1. The third-order valence-corrected chi connectivity index (χ3v) is 5.18. The van der Waals surface area contributed by atoms with Crippen LogP contribution < -0.4 is 5.32 Å². The summed E-state index contributed by atoms with van der Waals surface area (Å²) >= 11 is 0. The monoisotopic (exact) mass is 342 g/mol. The fourth-order valence-corrected chi connectivity index (χ4v) is 3.45. The van der Waals surface area contributed by atoms with Gasteiger partial charge in [0.2, 0.25) is 0 Å². The van der Waals surface area contributed by atoms with Gasteiger partial charge in [-0.05, 0) is 85.7 Å². The molecule has 0 atom stereocenters. The van der Waals surface area contributed by atoms with E-state index in [4.69, 9.17) is 0 Å².